The number of nitrogens with two attached hydrogens (primary N) is 1. The number of nitrogens with zero attached hydrogens (tertiary/aromatic N) is 3. The van der Waals surface area contributed by atoms with Crippen LogP contribution in [0.25, 0.3) is 16.6 Å². The zero-order valence-electron chi connectivity index (χ0n) is 16.9. The average molecular weight is 407 g/mol. The van der Waals surface area contributed by atoms with Gasteiger partial charge in [-0.15, -0.1) is 0 Å². The molecule has 2 aromatic carbocycles. The molecule has 0 bridgehead atoms. The average Bonchev–Trinajstić information content (AvgIpc) is 3.08. The maximum absolute atomic E-state index is 12.7. The number of amides is 1. The van der Waals surface area contributed by atoms with Crippen molar-refractivity contribution in [2.45, 2.75) is 31.7 Å². The molecule has 1 aliphatic rings. The number of rotatable bonds is 4. The third-order valence-corrected chi connectivity index (χ3v) is 5.59. The van der Waals surface area contributed by atoms with Gasteiger partial charge < -0.3 is 10.2 Å². The van der Waals surface area contributed by atoms with Gasteiger partial charge in [0, 0.05) is 17.3 Å². The number of aromatic nitrogens is 2. The van der Waals surface area contributed by atoms with Gasteiger partial charge in [0.25, 0.3) is 0 Å². The molecular formula is C22H25N5O3. The van der Waals surface area contributed by atoms with E-state index in [1.165, 1.54) is 6.42 Å². The topological polar surface area (TPSA) is 102 Å². The molecule has 3 N–H and O–H groups in total. The number of hydrogen-bond acceptors (Lipinski definition) is 6. The largest absolute Gasteiger partial charge is 0.370 e. The maximum Gasteiger partial charge on any atom is 0.358 e. The van der Waals surface area contributed by atoms with Crippen molar-refractivity contribution in [3.8, 4) is 5.69 Å². The van der Waals surface area contributed by atoms with Crippen LogP contribution in [-0.2, 0) is 9.63 Å². The lowest BCUT2D eigenvalue weighted by atomic mass is 10.1. The molecule has 0 aliphatic carbocycles. The number of anilines is 1. The van der Waals surface area contributed by atoms with Crippen LogP contribution in [0.3, 0.4) is 0 Å². The lowest BCUT2D eigenvalue weighted by molar-refractivity contribution is -0.120. The molecule has 30 heavy (non-hydrogen) atoms. The molecule has 1 amide bonds. The third-order valence-electron chi connectivity index (χ3n) is 5.59. The van der Waals surface area contributed by atoms with Crippen molar-refractivity contribution in [1.29, 1.82) is 0 Å². The highest BCUT2D eigenvalue weighted by Crippen LogP contribution is 2.22. The zero-order chi connectivity index (χ0) is 21.1. The minimum Gasteiger partial charge on any atom is -0.370 e. The van der Waals surface area contributed by atoms with E-state index in [4.69, 9.17) is 5.90 Å². The highest BCUT2D eigenvalue weighted by Gasteiger charge is 2.24. The first-order valence-corrected chi connectivity index (χ1v) is 10.1. The summed E-state index contributed by atoms with van der Waals surface area (Å²) in [7, 11) is 2.01. The molecule has 0 radical (unpaired) electrons. The highest BCUT2D eigenvalue weighted by atomic mass is 16.7. The van der Waals surface area contributed by atoms with Crippen molar-refractivity contribution in [2.75, 3.05) is 18.9 Å². The lowest BCUT2D eigenvalue weighted by Crippen LogP contribution is -2.41. The van der Waals surface area contributed by atoms with Gasteiger partial charge in [0.05, 0.1) is 17.3 Å². The first-order chi connectivity index (χ1) is 14.6. The Balaban J connectivity index is 1.52. The number of hydrogen-bond donors (Lipinski definition) is 2. The quantitative estimate of drug-likeness (QED) is 0.645. The smallest absolute Gasteiger partial charge is 0.358 e. The predicted octanol–water partition coefficient (Wildman–Crippen LogP) is 2.87. The third kappa shape index (κ3) is 4.05. The van der Waals surface area contributed by atoms with Crippen LogP contribution in [0.4, 0.5) is 5.69 Å². The van der Waals surface area contributed by atoms with E-state index in [0.29, 0.717) is 11.1 Å². The summed E-state index contributed by atoms with van der Waals surface area (Å²) >= 11 is 0. The summed E-state index contributed by atoms with van der Waals surface area (Å²) in [5.74, 6) is 4.42. The zero-order valence-corrected chi connectivity index (χ0v) is 16.9. The fourth-order valence-electron chi connectivity index (χ4n) is 3.91. The van der Waals surface area contributed by atoms with Crippen LogP contribution in [0.5, 0.6) is 0 Å². The number of benzene rings is 2. The molecule has 0 spiro atoms. The second kappa shape index (κ2) is 8.64. The van der Waals surface area contributed by atoms with Crippen molar-refractivity contribution in [2.24, 2.45) is 5.90 Å². The van der Waals surface area contributed by atoms with E-state index >= 15 is 0 Å². The fourth-order valence-corrected chi connectivity index (χ4v) is 3.91. The number of likely N-dealkylation sites (N-methyl/N-ethyl adjacent to an activating group) is 1. The summed E-state index contributed by atoms with van der Waals surface area (Å²) < 4.78 is 1.68. The minimum absolute atomic E-state index is 0.0296. The van der Waals surface area contributed by atoms with Crippen molar-refractivity contribution in [1.82, 2.24) is 14.7 Å². The second-order valence-corrected chi connectivity index (χ2v) is 7.60. The van der Waals surface area contributed by atoms with Crippen LogP contribution in [-0.4, -0.2) is 46.2 Å². The summed E-state index contributed by atoms with van der Waals surface area (Å²) in [6.45, 7) is 0.948. The first-order valence-electron chi connectivity index (χ1n) is 10.1. The number of likely N-dealkylation sites (tertiary alicyclic amines) is 1. The number of carbonyl (C=O) groups is 2. The van der Waals surface area contributed by atoms with E-state index in [9.17, 15) is 9.59 Å². The van der Waals surface area contributed by atoms with Gasteiger partial charge in [-0.05, 0) is 56.8 Å². The van der Waals surface area contributed by atoms with E-state index in [2.05, 4.69) is 20.2 Å². The number of nitrogens with one attached hydrogen (secondary N) is 1. The van der Waals surface area contributed by atoms with Gasteiger partial charge in [-0.3, -0.25) is 9.69 Å². The van der Waals surface area contributed by atoms with Crippen LogP contribution < -0.4 is 11.2 Å². The lowest BCUT2D eigenvalue weighted by Gasteiger charge is -2.24. The Morgan fingerprint density at radius 3 is 2.70 bits per heavy atom. The molecule has 1 atom stereocenters. The molecule has 1 saturated heterocycles. The number of fused-ring (bicyclic) bond motifs is 1. The molecule has 3 aromatic rings. The molecule has 4 rings (SSSR count). The summed E-state index contributed by atoms with van der Waals surface area (Å²) in [6.07, 6.45) is 6.10. The van der Waals surface area contributed by atoms with Crippen molar-refractivity contribution >= 4 is 28.5 Å². The summed E-state index contributed by atoms with van der Waals surface area (Å²) in [5.41, 5.74) is 2.38. The van der Waals surface area contributed by atoms with E-state index in [0.717, 1.165) is 42.6 Å². The van der Waals surface area contributed by atoms with Crippen molar-refractivity contribution in [3.63, 3.8) is 0 Å². The Bertz CT molecular complexity index is 1060. The van der Waals surface area contributed by atoms with Gasteiger partial charge >= 0.3 is 5.97 Å². The molecule has 8 nitrogen and oxygen atoms in total. The molecular weight excluding hydrogens is 382 g/mol. The highest BCUT2D eigenvalue weighted by molar-refractivity contribution is 6.02. The van der Waals surface area contributed by atoms with Crippen LogP contribution in [0, 0.1) is 0 Å². The molecule has 156 valence electrons. The van der Waals surface area contributed by atoms with Crippen LogP contribution in [0.15, 0.2) is 48.7 Å². The minimum atomic E-state index is -0.632. The van der Waals surface area contributed by atoms with Gasteiger partial charge in [-0.25, -0.2) is 9.48 Å². The summed E-state index contributed by atoms with van der Waals surface area (Å²) in [6, 6.07) is 12.6. The molecule has 0 saturated carbocycles. The van der Waals surface area contributed by atoms with Crippen molar-refractivity contribution < 1.29 is 14.4 Å². The van der Waals surface area contributed by atoms with Crippen LogP contribution in [0.1, 0.15) is 36.0 Å². The Labute approximate surface area is 174 Å². The maximum atomic E-state index is 12.7. The molecule has 1 fully saturated rings. The Morgan fingerprint density at radius 2 is 1.93 bits per heavy atom. The SMILES string of the molecule is CN1CCCCCC1C(=O)Nc1ccc(-n2cc3cccc(C(=O)ON)c3n2)cc1. The molecule has 8 heteroatoms. The fraction of sp³-hybridized carbons (Fsp3) is 0.318. The standard InChI is InChI=1S/C22H25N5O3/c1-26-13-4-2-3-8-19(26)21(28)24-16-9-11-17(12-10-16)27-14-15-6-5-7-18(20(15)25-27)22(29)30-23/h5-7,9-12,14,19H,2-4,8,13,23H2,1H3,(H,24,28). The van der Waals surface area contributed by atoms with Gasteiger partial charge in [-0.2, -0.15) is 11.0 Å². The van der Waals surface area contributed by atoms with Gasteiger partial charge in [-0.1, -0.05) is 25.0 Å². The van der Waals surface area contributed by atoms with Gasteiger partial charge in [0.2, 0.25) is 5.91 Å². The van der Waals surface area contributed by atoms with Gasteiger partial charge in [0.15, 0.2) is 0 Å². The van der Waals surface area contributed by atoms with E-state index in [-0.39, 0.29) is 11.9 Å². The summed E-state index contributed by atoms with van der Waals surface area (Å²) in [4.78, 5) is 31.0. The van der Waals surface area contributed by atoms with Crippen molar-refractivity contribution in [3.05, 3.63) is 54.2 Å². The molecule has 2 heterocycles. The molecule has 1 unspecified atom stereocenters. The van der Waals surface area contributed by atoms with E-state index < -0.39 is 5.97 Å². The predicted molar refractivity (Wildman–Crippen MR) is 114 cm³/mol. The van der Waals surface area contributed by atoms with Crippen LogP contribution in [0.2, 0.25) is 0 Å². The number of carbonyl (C=O) groups excluding carboxylic acids is 2. The Kier molecular flexibility index (Phi) is 5.78. The normalized spacial score (nSPS) is 17.5. The Hall–Kier alpha value is -3.23. The molecule has 1 aromatic heterocycles. The van der Waals surface area contributed by atoms with Gasteiger partial charge in [0.1, 0.15) is 5.52 Å². The summed E-state index contributed by atoms with van der Waals surface area (Å²) in [5, 5.41) is 8.32. The molecule has 1 aliphatic heterocycles. The first kappa shape index (κ1) is 20.1. The van der Waals surface area contributed by atoms with Crippen LogP contribution >= 0.6 is 0 Å². The van der Waals surface area contributed by atoms with E-state index in [1.54, 1.807) is 16.8 Å². The Morgan fingerprint density at radius 1 is 1.13 bits per heavy atom. The van der Waals surface area contributed by atoms with E-state index in [1.807, 2.05) is 43.6 Å². The second-order valence-electron chi connectivity index (χ2n) is 7.60. The monoisotopic (exact) mass is 407 g/mol.